The summed E-state index contributed by atoms with van der Waals surface area (Å²) in [4.78, 5) is 18.3. The summed E-state index contributed by atoms with van der Waals surface area (Å²) in [6, 6.07) is 18.0. The number of nitrogens with two attached hydrogens (primary N) is 2. The van der Waals surface area contributed by atoms with Gasteiger partial charge < -0.3 is 25.0 Å². The van der Waals surface area contributed by atoms with Crippen LogP contribution in [0.4, 0.5) is 0 Å². The van der Waals surface area contributed by atoms with Gasteiger partial charge in [0.1, 0.15) is 12.2 Å². The fourth-order valence-electron chi connectivity index (χ4n) is 5.63. The summed E-state index contributed by atoms with van der Waals surface area (Å²) in [6.45, 7) is 9.07. The van der Waals surface area contributed by atoms with E-state index in [4.69, 9.17) is 25.8 Å². The van der Waals surface area contributed by atoms with Crippen molar-refractivity contribution in [2.24, 2.45) is 11.6 Å². The lowest BCUT2D eigenvalue weighted by Crippen LogP contribution is -2.49. The van der Waals surface area contributed by atoms with Gasteiger partial charge in [-0.15, -0.1) is 0 Å². The standard InChI is InChI=1S/C32H44N8O3/c1-32(2)42-29-12-18-41-30(31(29)43-32)24-40(34)20-25(33)19-38(21-26-9-3-6-13-35-26)16-17-39(22-27-10-4-7-14-36-27)23-28-11-5-8-15-37-28/h3-11,13-15,20,29-31H,12,16-19,21-24,33-34H2,1-2H3/b25-20-. The Hall–Kier alpha value is -3.45. The maximum Gasteiger partial charge on any atom is 0.163 e. The van der Waals surface area contributed by atoms with Gasteiger partial charge in [0.25, 0.3) is 0 Å². The molecule has 4 N–H and O–H groups in total. The van der Waals surface area contributed by atoms with Crippen LogP contribution in [0.3, 0.4) is 0 Å². The Kier molecular flexibility index (Phi) is 10.7. The lowest BCUT2D eigenvalue weighted by molar-refractivity contribution is -0.154. The van der Waals surface area contributed by atoms with Crippen molar-refractivity contribution in [2.75, 3.05) is 32.8 Å². The molecule has 3 aromatic heterocycles. The Morgan fingerprint density at radius 2 is 1.42 bits per heavy atom. The molecule has 0 aromatic carbocycles. The highest BCUT2D eigenvalue weighted by molar-refractivity contribution is 5.08. The molecule has 2 saturated heterocycles. The zero-order valence-electron chi connectivity index (χ0n) is 25.2. The number of hydrogen-bond acceptors (Lipinski definition) is 11. The minimum Gasteiger partial charge on any atom is -0.400 e. The Morgan fingerprint density at radius 3 is 1.98 bits per heavy atom. The summed E-state index contributed by atoms with van der Waals surface area (Å²) in [7, 11) is 0. The summed E-state index contributed by atoms with van der Waals surface area (Å²) in [5.74, 6) is 5.80. The summed E-state index contributed by atoms with van der Waals surface area (Å²) >= 11 is 0. The normalized spacial score (nSPS) is 21.7. The van der Waals surface area contributed by atoms with Crippen LogP contribution in [0.15, 0.2) is 85.1 Å². The van der Waals surface area contributed by atoms with Gasteiger partial charge in [-0.3, -0.25) is 24.8 Å². The van der Waals surface area contributed by atoms with Gasteiger partial charge in [0.2, 0.25) is 0 Å². The molecular formula is C32H44N8O3. The average molecular weight is 589 g/mol. The summed E-state index contributed by atoms with van der Waals surface area (Å²) < 4.78 is 18.2. The molecule has 5 rings (SSSR count). The molecule has 5 heterocycles. The van der Waals surface area contributed by atoms with Crippen LogP contribution in [-0.2, 0) is 33.8 Å². The van der Waals surface area contributed by atoms with Crippen molar-refractivity contribution < 1.29 is 14.2 Å². The molecule has 3 unspecified atom stereocenters. The van der Waals surface area contributed by atoms with Gasteiger partial charge in [-0.1, -0.05) is 18.2 Å². The van der Waals surface area contributed by atoms with Crippen molar-refractivity contribution in [3.63, 3.8) is 0 Å². The topological polar surface area (TPSA) is 128 Å². The first-order valence-corrected chi connectivity index (χ1v) is 14.9. The van der Waals surface area contributed by atoms with Gasteiger partial charge in [-0.2, -0.15) is 0 Å². The van der Waals surface area contributed by atoms with E-state index < -0.39 is 5.79 Å². The van der Waals surface area contributed by atoms with E-state index in [1.165, 1.54) is 0 Å². The fraction of sp³-hybridized carbons (Fsp3) is 0.469. The third-order valence-corrected chi connectivity index (χ3v) is 7.52. The van der Waals surface area contributed by atoms with E-state index in [1.54, 1.807) is 11.2 Å². The van der Waals surface area contributed by atoms with Crippen molar-refractivity contribution in [3.8, 4) is 0 Å². The van der Waals surface area contributed by atoms with Gasteiger partial charge in [-0.05, 0) is 56.7 Å². The molecule has 0 amide bonds. The Balaban J connectivity index is 1.24. The molecular weight excluding hydrogens is 544 g/mol. The smallest absolute Gasteiger partial charge is 0.163 e. The highest BCUT2D eigenvalue weighted by atomic mass is 16.8. The van der Waals surface area contributed by atoms with E-state index in [9.17, 15) is 0 Å². The first-order valence-electron chi connectivity index (χ1n) is 14.9. The molecule has 0 saturated carbocycles. The molecule has 2 fully saturated rings. The van der Waals surface area contributed by atoms with Crippen LogP contribution in [0.2, 0.25) is 0 Å². The number of pyridine rings is 3. The molecule has 0 spiro atoms. The number of fused-ring (bicyclic) bond motifs is 1. The maximum absolute atomic E-state index is 6.58. The molecule has 11 nitrogen and oxygen atoms in total. The van der Waals surface area contributed by atoms with Crippen molar-refractivity contribution >= 4 is 0 Å². The molecule has 2 aliphatic rings. The van der Waals surface area contributed by atoms with Gasteiger partial charge in [0.15, 0.2) is 5.79 Å². The second-order valence-electron chi connectivity index (χ2n) is 11.6. The first kappa shape index (κ1) is 31.0. The maximum atomic E-state index is 6.58. The molecule has 3 atom stereocenters. The third kappa shape index (κ3) is 9.52. The molecule has 0 radical (unpaired) electrons. The van der Waals surface area contributed by atoms with E-state index in [1.807, 2.05) is 74.9 Å². The van der Waals surface area contributed by atoms with E-state index >= 15 is 0 Å². The molecule has 11 heteroatoms. The lowest BCUT2D eigenvalue weighted by atomic mass is 10.0. The first-order chi connectivity index (χ1) is 20.8. The van der Waals surface area contributed by atoms with E-state index in [0.29, 0.717) is 45.0 Å². The lowest BCUT2D eigenvalue weighted by Gasteiger charge is -2.33. The highest BCUT2D eigenvalue weighted by Gasteiger charge is 2.47. The number of aromatic nitrogens is 3. The van der Waals surface area contributed by atoms with Crippen molar-refractivity contribution in [3.05, 3.63) is 102 Å². The Labute approximate surface area is 254 Å². The van der Waals surface area contributed by atoms with Crippen LogP contribution in [0.25, 0.3) is 0 Å². The van der Waals surface area contributed by atoms with Crippen molar-refractivity contribution in [2.45, 2.75) is 64.0 Å². The van der Waals surface area contributed by atoms with E-state index in [-0.39, 0.29) is 18.3 Å². The molecule has 230 valence electrons. The SMILES string of the molecule is CC1(C)OC2CCOC(CN(N)/C=C(\N)CN(CCN(Cc3ccccn3)Cc3ccccn3)Cc3ccccn3)C2O1. The average Bonchev–Trinajstić information content (AvgIpc) is 3.32. The minimum atomic E-state index is -0.622. The Morgan fingerprint density at radius 1 is 0.860 bits per heavy atom. The molecule has 0 aliphatic carbocycles. The summed E-state index contributed by atoms with van der Waals surface area (Å²) in [6.07, 6.45) is 7.73. The molecule has 43 heavy (non-hydrogen) atoms. The van der Waals surface area contributed by atoms with E-state index in [2.05, 4.69) is 36.9 Å². The number of hydrogen-bond donors (Lipinski definition) is 2. The van der Waals surface area contributed by atoms with Crippen LogP contribution >= 0.6 is 0 Å². The van der Waals surface area contributed by atoms with Crippen molar-refractivity contribution in [1.29, 1.82) is 0 Å². The summed E-state index contributed by atoms with van der Waals surface area (Å²) in [5.41, 5.74) is 10.2. The second-order valence-corrected chi connectivity index (χ2v) is 11.6. The van der Waals surface area contributed by atoms with Crippen LogP contribution in [0, 0.1) is 0 Å². The predicted octanol–water partition coefficient (Wildman–Crippen LogP) is 2.66. The van der Waals surface area contributed by atoms with Crippen molar-refractivity contribution in [1.82, 2.24) is 29.8 Å². The monoisotopic (exact) mass is 588 g/mol. The second kappa shape index (κ2) is 14.8. The van der Waals surface area contributed by atoms with Gasteiger partial charge in [-0.25, -0.2) is 5.84 Å². The minimum absolute atomic E-state index is 0.0115. The third-order valence-electron chi connectivity index (χ3n) is 7.52. The zero-order valence-corrected chi connectivity index (χ0v) is 25.2. The van der Waals surface area contributed by atoms with Gasteiger partial charge in [0, 0.05) is 76.4 Å². The van der Waals surface area contributed by atoms with Crippen LogP contribution in [0.5, 0.6) is 0 Å². The van der Waals surface area contributed by atoms with Gasteiger partial charge in [0.05, 0.1) is 29.7 Å². The summed E-state index contributed by atoms with van der Waals surface area (Å²) in [5, 5.41) is 1.60. The number of hydrazine groups is 1. The predicted molar refractivity (Wildman–Crippen MR) is 163 cm³/mol. The van der Waals surface area contributed by atoms with Gasteiger partial charge >= 0.3 is 0 Å². The van der Waals surface area contributed by atoms with Crippen LogP contribution in [-0.4, -0.2) is 86.6 Å². The molecule has 3 aromatic rings. The van der Waals surface area contributed by atoms with Crippen LogP contribution in [0.1, 0.15) is 37.4 Å². The highest BCUT2D eigenvalue weighted by Crippen LogP contribution is 2.35. The quantitative estimate of drug-likeness (QED) is 0.213. The largest absolute Gasteiger partial charge is 0.400 e. The fourth-order valence-corrected chi connectivity index (χ4v) is 5.63. The Bertz CT molecular complexity index is 1240. The molecule has 2 aliphatic heterocycles. The number of ether oxygens (including phenoxy) is 3. The van der Waals surface area contributed by atoms with E-state index in [0.717, 1.165) is 36.6 Å². The number of nitrogens with zero attached hydrogens (tertiary/aromatic N) is 6. The zero-order chi connectivity index (χ0) is 30.1. The molecule has 0 bridgehead atoms. The number of rotatable bonds is 14. The van der Waals surface area contributed by atoms with Crippen LogP contribution < -0.4 is 11.6 Å².